The van der Waals surface area contributed by atoms with Gasteiger partial charge in [-0.25, -0.2) is 4.68 Å². The maximum Gasteiger partial charge on any atom is 0.235 e. The van der Waals surface area contributed by atoms with Crippen LogP contribution in [-0.2, 0) is 11.3 Å². The molecule has 0 aromatic carbocycles. The molecule has 1 aliphatic rings. The van der Waals surface area contributed by atoms with Crippen LogP contribution in [0.25, 0.3) is 0 Å². The van der Waals surface area contributed by atoms with Crippen molar-refractivity contribution in [2.75, 3.05) is 16.4 Å². The molecule has 10 heteroatoms. The van der Waals surface area contributed by atoms with Crippen LogP contribution < -0.4 is 10.6 Å². The summed E-state index contributed by atoms with van der Waals surface area (Å²) in [5, 5.41) is 19.4. The Morgan fingerprint density at radius 2 is 2.22 bits per heavy atom. The van der Waals surface area contributed by atoms with Crippen molar-refractivity contribution in [3.8, 4) is 0 Å². The number of anilines is 2. The van der Waals surface area contributed by atoms with Crippen LogP contribution in [0.3, 0.4) is 0 Å². The van der Waals surface area contributed by atoms with Crippen molar-refractivity contribution in [2.45, 2.75) is 42.6 Å². The van der Waals surface area contributed by atoms with Gasteiger partial charge in [0.1, 0.15) is 11.6 Å². The third-order valence-electron chi connectivity index (χ3n) is 4.34. The van der Waals surface area contributed by atoms with E-state index in [1.807, 2.05) is 22.9 Å². The van der Waals surface area contributed by atoms with Crippen LogP contribution in [0.5, 0.6) is 0 Å². The fourth-order valence-corrected chi connectivity index (χ4v) is 4.62. The molecule has 0 bridgehead atoms. The first-order valence-corrected chi connectivity index (χ1v) is 10.6. The van der Waals surface area contributed by atoms with E-state index >= 15 is 0 Å². The molecule has 0 saturated heterocycles. The molecule has 1 saturated carbocycles. The van der Waals surface area contributed by atoms with E-state index in [2.05, 4.69) is 25.9 Å². The Labute approximate surface area is 164 Å². The highest BCUT2D eigenvalue weighted by atomic mass is 32.2. The quantitative estimate of drug-likeness (QED) is 0.551. The highest BCUT2D eigenvalue weighted by Crippen LogP contribution is 2.31. The number of thioether (sulfide) groups is 1. The SMILES string of the molecule is O=C(CSc1nnc(NCc2ccco2)s1)Nc1ccnn1C1CCCC1. The van der Waals surface area contributed by atoms with Gasteiger partial charge in [-0.2, -0.15) is 5.10 Å². The van der Waals surface area contributed by atoms with E-state index in [9.17, 15) is 4.79 Å². The number of hydrogen-bond acceptors (Lipinski definition) is 8. The van der Waals surface area contributed by atoms with E-state index < -0.39 is 0 Å². The van der Waals surface area contributed by atoms with Gasteiger partial charge in [-0.3, -0.25) is 4.79 Å². The monoisotopic (exact) mass is 404 g/mol. The standard InChI is InChI=1S/C17H20N6O2S2/c24-15(20-14-7-8-19-23(14)12-4-1-2-5-12)11-26-17-22-21-16(27-17)18-10-13-6-3-9-25-13/h3,6-9,12H,1-2,4-5,10-11H2,(H,18,21)(H,20,24). The largest absolute Gasteiger partial charge is 0.467 e. The molecule has 142 valence electrons. The van der Waals surface area contributed by atoms with Gasteiger partial charge < -0.3 is 15.1 Å². The van der Waals surface area contributed by atoms with E-state index in [1.54, 1.807) is 12.5 Å². The minimum absolute atomic E-state index is 0.0694. The van der Waals surface area contributed by atoms with Crippen LogP contribution in [0.2, 0.25) is 0 Å². The number of nitrogens with zero attached hydrogens (tertiary/aromatic N) is 4. The Balaban J connectivity index is 1.25. The molecule has 0 radical (unpaired) electrons. The summed E-state index contributed by atoms with van der Waals surface area (Å²) < 4.78 is 7.95. The second kappa shape index (κ2) is 8.57. The van der Waals surface area contributed by atoms with Crippen molar-refractivity contribution < 1.29 is 9.21 Å². The highest BCUT2D eigenvalue weighted by molar-refractivity contribution is 8.01. The summed E-state index contributed by atoms with van der Waals surface area (Å²) in [5.74, 6) is 1.81. The normalized spacial score (nSPS) is 14.5. The van der Waals surface area contributed by atoms with Gasteiger partial charge >= 0.3 is 0 Å². The van der Waals surface area contributed by atoms with Gasteiger partial charge in [0.25, 0.3) is 0 Å². The first-order chi connectivity index (χ1) is 13.3. The first kappa shape index (κ1) is 18.1. The molecule has 4 rings (SSSR count). The number of aromatic nitrogens is 4. The molecule has 2 N–H and O–H groups in total. The van der Waals surface area contributed by atoms with E-state index in [0.29, 0.717) is 17.7 Å². The molecule has 3 aromatic heterocycles. The van der Waals surface area contributed by atoms with Crippen LogP contribution in [0.15, 0.2) is 39.4 Å². The molecule has 0 atom stereocenters. The van der Waals surface area contributed by atoms with E-state index in [-0.39, 0.29) is 11.7 Å². The van der Waals surface area contributed by atoms with E-state index in [0.717, 1.165) is 28.8 Å². The molecule has 0 spiro atoms. The average molecular weight is 405 g/mol. The number of rotatable bonds is 8. The minimum Gasteiger partial charge on any atom is -0.467 e. The second-order valence-corrected chi connectivity index (χ2v) is 8.44. The van der Waals surface area contributed by atoms with Gasteiger partial charge in [0.15, 0.2) is 4.34 Å². The van der Waals surface area contributed by atoms with Gasteiger partial charge in [-0.15, -0.1) is 10.2 Å². The molecule has 1 fully saturated rings. The van der Waals surface area contributed by atoms with Crippen molar-refractivity contribution >= 4 is 40.0 Å². The lowest BCUT2D eigenvalue weighted by molar-refractivity contribution is -0.113. The second-order valence-electron chi connectivity index (χ2n) is 6.24. The predicted molar refractivity (Wildman–Crippen MR) is 105 cm³/mol. The minimum atomic E-state index is -0.0694. The lowest BCUT2D eigenvalue weighted by Gasteiger charge is -2.14. The highest BCUT2D eigenvalue weighted by Gasteiger charge is 2.20. The molecule has 1 aliphatic carbocycles. The lowest BCUT2D eigenvalue weighted by Crippen LogP contribution is -2.19. The topological polar surface area (TPSA) is 97.9 Å². The van der Waals surface area contributed by atoms with Gasteiger partial charge in [0.2, 0.25) is 11.0 Å². The van der Waals surface area contributed by atoms with Crippen molar-refractivity contribution in [1.29, 1.82) is 0 Å². The van der Waals surface area contributed by atoms with Crippen LogP contribution in [0, 0.1) is 0 Å². The number of amides is 1. The maximum atomic E-state index is 12.3. The summed E-state index contributed by atoms with van der Waals surface area (Å²) >= 11 is 2.79. The smallest absolute Gasteiger partial charge is 0.235 e. The summed E-state index contributed by atoms with van der Waals surface area (Å²) in [6, 6.07) is 5.98. The van der Waals surface area contributed by atoms with Crippen LogP contribution in [0.1, 0.15) is 37.5 Å². The third-order valence-corrected chi connectivity index (χ3v) is 6.35. The first-order valence-electron chi connectivity index (χ1n) is 8.84. The third kappa shape index (κ3) is 4.69. The van der Waals surface area contributed by atoms with Crippen molar-refractivity contribution in [2.24, 2.45) is 0 Å². The van der Waals surface area contributed by atoms with Crippen molar-refractivity contribution in [3.05, 3.63) is 36.4 Å². The van der Waals surface area contributed by atoms with E-state index in [4.69, 9.17) is 4.42 Å². The summed E-state index contributed by atoms with van der Waals surface area (Å²) in [6.45, 7) is 0.554. The zero-order chi connectivity index (χ0) is 18.5. The fraction of sp³-hybridized carbons (Fsp3) is 0.412. The Morgan fingerprint density at radius 3 is 3.04 bits per heavy atom. The average Bonchev–Trinajstić information content (AvgIpc) is 3.46. The summed E-state index contributed by atoms with van der Waals surface area (Å²) in [7, 11) is 0. The molecular weight excluding hydrogens is 384 g/mol. The Hall–Kier alpha value is -2.33. The number of furan rings is 1. The van der Waals surface area contributed by atoms with Crippen LogP contribution in [0.4, 0.5) is 10.9 Å². The van der Waals surface area contributed by atoms with Crippen LogP contribution in [-0.4, -0.2) is 31.6 Å². The van der Waals surface area contributed by atoms with Gasteiger partial charge in [-0.1, -0.05) is 35.9 Å². The molecule has 3 aromatic rings. The van der Waals surface area contributed by atoms with Gasteiger partial charge in [0, 0.05) is 6.07 Å². The number of nitrogens with one attached hydrogen (secondary N) is 2. The fourth-order valence-electron chi connectivity index (χ4n) is 3.07. The lowest BCUT2D eigenvalue weighted by atomic mass is 10.2. The molecule has 0 unspecified atom stereocenters. The predicted octanol–water partition coefficient (Wildman–Crippen LogP) is 3.79. The Kier molecular flexibility index (Phi) is 5.73. The molecule has 1 amide bonds. The van der Waals surface area contributed by atoms with Crippen molar-refractivity contribution in [3.63, 3.8) is 0 Å². The Morgan fingerprint density at radius 1 is 1.33 bits per heavy atom. The molecule has 0 aliphatic heterocycles. The number of hydrogen-bond donors (Lipinski definition) is 2. The van der Waals surface area contributed by atoms with Crippen molar-refractivity contribution in [1.82, 2.24) is 20.0 Å². The zero-order valence-electron chi connectivity index (χ0n) is 14.6. The van der Waals surface area contributed by atoms with Crippen LogP contribution >= 0.6 is 23.1 Å². The van der Waals surface area contributed by atoms with E-state index in [1.165, 1.54) is 35.9 Å². The summed E-state index contributed by atoms with van der Waals surface area (Å²) in [4.78, 5) is 12.3. The summed E-state index contributed by atoms with van der Waals surface area (Å²) in [6.07, 6.45) is 8.07. The molecular formula is C17H20N6O2S2. The molecule has 3 heterocycles. The number of carbonyl (C=O) groups is 1. The zero-order valence-corrected chi connectivity index (χ0v) is 16.3. The maximum absolute atomic E-state index is 12.3. The molecule has 8 nitrogen and oxygen atoms in total. The number of carbonyl (C=O) groups excluding carboxylic acids is 1. The van der Waals surface area contributed by atoms with Gasteiger partial charge in [-0.05, 0) is 25.0 Å². The molecule has 27 heavy (non-hydrogen) atoms. The van der Waals surface area contributed by atoms with Gasteiger partial charge in [0.05, 0.1) is 30.8 Å². The Bertz CT molecular complexity index is 870. The summed E-state index contributed by atoms with van der Waals surface area (Å²) in [5.41, 5.74) is 0.